The summed E-state index contributed by atoms with van der Waals surface area (Å²) in [5.74, 6) is -1.61. The normalized spacial score (nSPS) is 11.5. The van der Waals surface area contributed by atoms with E-state index < -0.39 is 21.9 Å². The molecule has 8 heteroatoms. The molecule has 2 N–H and O–H groups in total. The van der Waals surface area contributed by atoms with Gasteiger partial charge in [0, 0.05) is 24.3 Å². The van der Waals surface area contributed by atoms with Crippen molar-refractivity contribution in [3.63, 3.8) is 0 Å². The van der Waals surface area contributed by atoms with Crippen LogP contribution in [0, 0.1) is 13.8 Å². The van der Waals surface area contributed by atoms with Gasteiger partial charge in [0.25, 0.3) is 5.91 Å². The number of hydrogen-bond acceptors (Lipinski definition) is 4. The number of amides is 1. The standard InChI is InChI=1S/C20H24N2O5S/c1-5-22(6-2)28(26,27)18-12-16(10-13(3)14(18)4)19(23)21-17-9-7-8-15(11-17)20(24)25/h7-12H,5-6H2,1-4H3,(H,21,23)(H,24,25). The number of aryl methyl sites for hydroxylation is 1. The Morgan fingerprint density at radius 3 is 2.25 bits per heavy atom. The molecule has 0 atom stereocenters. The summed E-state index contributed by atoms with van der Waals surface area (Å²) in [5, 5.41) is 11.7. The molecular formula is C20H24N2O5S. The van der Waals surface area contributed by atoms with Crippen LogP contribution < -0.4 is 5.32 Å². The van der Waals surface area contributed by atoms with E-state index in [4.69, 9.17) is 5.11 Å². The molecule has 0 spiro atoms. The maximum absolute atomic E-state index is 12.9. The maximum Gasteiger partial charge on any atom is 0.335 e. The molecule has 28 heavy (non-hydrogen) atoms. The van der Waals surface area contributed by atoms with Crippen molar-refractivity contribution in [1.29, 1.82) is 0 Å². The van der Waals surface area contributed by atoms with E-state index in [1.165, 1.54) is 28.6 Å². The zero-order chi connectivity index (χ0) is 21.1. The molecule has 2 rings (SSSR count). The summed E-state index contributed by atoms with van der Waals surface area (Å²) >= 11 is 0. The van der Waals surface area contributed by atoms with E-state index in [1.807, 2.05) is 0 Å². The third kappa shape index (κ3) is 4.40. The Kier molecular flexibility index (Phi) is 6.58. The molecule has 0 fully saturated rings. The van der Waals surface area contributed by atoms with Crippen molar-refractivity contribution in [3.8, 4) is 0 Å². The predicted octanol–water partition coefficient (Wildman–Crippen LogP) is 3.28. The molecule has 2 aromatic rings. The number of aromatic carboxylic acids is 1. The quantitative estimate of drug-likeness (QED) is 0.737. The number of benzene rings is 2. The zero-order valence-corrected chi connectivity index (χ0v) is 17.1. The summed E-state index contributed by atoms with van der Waals surface area (Å²) in [6, 6.07) is 8.84. The number of hydrogen-bond donors (Lipinski definition) is 2. The Hall–Kier alpha value is -2.71. The largest absolute Gasteiger partial charge is 0.478 e. The summed E-state index contributed by atoms with van der Waals surface area (Å²) in [5.41, 5.74) is 1.82. The van der Waals surface area contributed by atoms with E-state index >= 15 is 0 Å². The van der Waals surface area contributed by atoms with Gasteiger partial charge in [0.2, 0.25) is 10.0 Å². The van der Waals surface area contributed by atoms with Gasteiger partial charge in [-0.1, -0.05) is 19.9 Å². The van der Waals surface area contributed by atoms with Crippen molar-refractivity contribution >= 4 is 27.6 Å². The highest BCUT2D eigenvalue weighted by molar-refractivity contribution is 7.89. The van der Waals surface area contributed by atoms with Gasteiger partial charge in [0.05, 0.1) is 10.5 Å². The van der Waals surface area contributed by atoms with Crippen LogP contribution in [-0.4, -0.2) is 42.8 Å². The summed E-state index contributed by atoms with van der Waals surface area (Å²) in [4.78, 5) is 23.9. The van der Waals surface area contributed by atoms with Crippen LogP contribution in [0.3, 0.4) is 0 Å². The van der Waals surface area contributed by atoms with Crippen LogP contribution in [0.15, 0.2) is 41.3 Å². The minimum atomic E-state index is -3.73. The number of carboxylic acid groups (broad SMARTS) is 1. The molecule has 0 aliphatic rings. The third-order valence-electron chi connectivity index (χ3n) is 4.57. The molecule has 7 nitrogen and oxygen atoms in total. The molecule has 2 aromatic carbocycles. The highest BCUT2D eigenvalue weighted by Gasteiger charge is 2.26. The first-order valence-corrected chi connectivity index (χ1v) is 10.3. The number of anilines is 1. The molecule has 0 aromatic heterocycles. The third-order valence-corrected chi connectivity index (χ3v) is 6.75. The minimum Gasteiger partial charge on any atom is -0.478 e. The van der Waals surface area contributed by atoms with Crippen LogP contribution in [0.25, 0.3) is 0 Å². The van der Waals surface area contributed by atoms with Gasteiger partial charge in [-0.25, -0.2) is 13.2 Å². The lowest BCUT2D eigenvalue weighted by molar-refractivity contribution is 0.0696. The van der Waals surface area contributed by atoms with Crippen LogP contribution >= 0.6 is 0 Å². The zero-order valence-electron chi connectivity index (χ0n) is 16.3. The summed E-state index contributed by atoms with van der Waals surface area (Å²) < 4.78 is 27.2. The molecule has 0 heterocycles. The van der Waals surface area contributed by atoms with Crippen molar-refractivity contribution in [2.24, 2.45) is 0 Å². The second kappa shape index (κ2) is 8.53. The molecular weight excluding hydrogens is 380 g/mol. The molecule has 0 bridgehead atoms. The van der Waals surface area contributed by atoms with E-state index in [1.54, 1.807) is 39.8 Å². The number of sulfonamides is 1. The Labute approximate surface area is 165 Å². The number of nitrogens with one attached hydrogen (secondary N) is 1. The van der Waals surface area contributed by atoms with Crippen LogP contribution in [-0.2, 0) is 10.0 Å². The Balaban J connectivity index is 2.44. The Morgan fingerprint density at radius 2 is 1.68 bits per heavy atom. The molecule has 0 aliphatic heterocycles. The van der Waals surface area contributed by atoms with Gasteiger partial charge in [0.1, 0.15) is 0 Å². The van der Waals surface area contributed by atoms with Crippen molar-refractivity contribution in [2.45, 2.75) is 32.6 Å². The average Bonchev–Trinajstić information content (AvgIpc) is 2.64. The maximum atomic E-state index is 12.9. The summed E-state index contributed by atoms with van der Waals surface area (Å²) in [6.45, 7) is 7.64. The average molecular weight is 404 g/mol. The highest BCUT2D eigenvalue weighted by atomic mass is 32.2. The van der Waals surface area contributed by atoms with Gasteiger partial charge in [0.15, 0.2) is 0 Å². The Morgan fingerprint density at radius 1 is 1.04 bits per heavy atom. The van der Waals surface area contributed by atoms with Crippen LogP contribution in [0.1, 0.15) is 45.7 Å². The van der Waals surface area contributed by atoms with Crippen LogP contribution in [0.4, 0.5) is 5.69 Å². The van der Waals surface area contributed by atoms with Crippen molar-refractivity contribution in [2.75, 3.05) is 18.4 Å². The molecule has 0 aliphatic carbocycles. The number of carbonyl (C=O) groups excluding carboxylic acids is 1. The van der Waals surface area contributed by atoms with E-state index in [0.29, 0.717) is 29.9 Å². The van der Waals surface area contributed by atoms with Crippen molar-refractivity contribution < 1.29 is 23.1 Å². The molecule has 1 amide bonds. The summed E-state index contributed by atoms with van der Waals surface area (Å²) in [6.07, 6.45) is 0. The Bertz CT molecular complexity index is 1010. The fourth-order valence-electron chi connectivity index (χ4n) is 2.86. The van der Waals surface area contributed by atoms with Gasteiger partial charge < -0.3 is 10.4 Å². The van der Waals surface area contributed by atoms with Gasteiger partial charge >= 0.3 is 5.97 Å². The van der Waals surface area contributed by atoms with Crippen molar-refractivity contribution in [1.82, 2.24) is 4.31 Å². The molecule has 0 radical (unpaired) electrons. The number of carbonyl (C=O) groups is 2. The van der Waals surface area contributed by atoms with E-state index in [0.717, 1.165) is 0 Å². The van der Waals surface area contributed by atoms with Crippen LogP contribution in [0.2, 0.25) is 0 Å². The molecule has 0 saturated carbocycles. The highest BCUT2D eigenvalue weighted by Crippen LogP contribution is 2.25. The minimum absolute atomic E-state index is 0.0442. The lowest BCUT2D eigenvalue weighted by atomic mass is 10.1. The van der Waals surface area contributed by atoms with Crippen LogP contribution in [0.5, 0.6) is 0 Å². The number of rotatable bonds is 7. The van der Waals surface area contributed by atoms with Gasteiger partial charge in [-0.05, 0) is 55.3 Å². The topological polar surface area (TPSA) is 104 Å². The number of nitrogens with zero attached hydrogens (tertiary/aromatic N) is 1. The first-order chi connectivity index (χ1) is 13.1. The first-order valence-electron chi connectivity index (χ1n) is 8.87. The van der Waals surface area contributed by atoms with Gasteiger partial charge in [-0.3, -0.25) is 4.79 Å². The second-order valence-corrected chi connectivity index (χ2v) is 8.25. The molecule has 0 saturated heterocycles. The van der Waals surface area contributed by atoms with Gasteiger partial charge in [-0.2, -0.15) is 4.31 Å². The fourth-order valence-corrected chi connectivity index (χ4v) is 4.64. The SMILES string of the molecule is CCN(CC)S(=O)(=O)c1cc(C(=O)Nc2cccc(C(=O)O)c2)cc(C)c1C. The molecule has 150 valence electrons. The lowest BCUT2D eigenvalue weighted by Gasteiger charge is -2.21. The van der Waals surface area contributed by atoms with E-state index in [-0.39, 0.29) is 16.0 Å². The predicted molar refractivity (Wildman–Crippen MR) is 107 cm³/mol. The van der Waals surface area contributed by atoms with E-state index in [2.05, 4.69) is 5.32 Å². The summed E-state index contributed by atoms with van der Waals surface area (Å²) in [7, 11) is -3.73. The van der Waals surface area contributed by atoms with Gasteiger partial charge in [-0.15, -0.1) is 0 Å². The fraction of sp³-hybridized carbons (Fsp3) is 0.300. The second-order valence-electron chi connectivity index (χ2n) is 6.35. The monoisotopic (exact) mass is 404 g/mol. The first kappa shape index (κ1) is 21.6. The number of carboxylic acids is 1. The molecule has 0 unspecified atom stereocenters. The van der Waals surface area contributed by atoms with Crippen molar-refractivity contribution in [3.05, 3.63) is 58.7 Å². The lowest BCUT2D eigenvalue weighted by Crippen LogP contribution is -2.31. The van der Waals surface area contributed by atoms with E-state index in [9.17, 15) is 18.0 Å². The smallest absolute Gasteiger partial charge is 0.335 e.